The number of ether oxygens (including phenoxy) is 1. The van der Waals surface area contributed by atoms with Gasteiger partial charge in [-0.3, -0.25) is 4.79 Å². The number of imidazole rings is 1. The highest BCUT2D eigenvalue weighted by Crippen LogP contribution is 2.15. The molecule has 3 N–H and O–H groups in total. The van der Waals surface area contributed by atoms with Crippen molar-refractivity contribution in [2.24, 2.45) is 0 Å². The van der Waals surface area contributed by atoms with Gasteiger partial charge in [-0.2, -0.15) is 0 Å². The number of hydrogen-bond donors (Lipinski definition) is 3. The van der Waals surface area contributed by atoms with Crippen LogP contribution in [0.2, 0.25) is 0 Å². The standard InChI is InChI=1S/C17H23N5O3/c1-3-25-15-6-4-14(5-7-15)21-16(23)10-19-17(24)20-13(2)11-22-9-8-18-12-22/h4-9,12-13H,3,10-11H2,1-2H3,(H,21,23)(H2,19,20,24). The van der Waals surface area contributed by atoms with Gasteiger partial charge < -0.3 is 25.3 Å². The van der Waals surface area contributed by atoms with Crippen LogP contribution in [0.15, 0.2) is 43.0 Å². The van der Waals surface area contributed by atoms with Gasteiger partial charge in [0.25, 0.3) is 0 Å². The molecule has 0 aliphatic heterocycles. The maximum absolute atomic E-state index is 11.9. The molecule has 0 saturated heterocycles. The Balaban J connectivity index is 1.69. The van der Waals surface area contributed by atoms with E-state index in [1.54, 1.807) is 36.8 Å². The van der Waals surface area contributed by atoms with Crippen LogP contribution in [0.3, 0.4) is 0 Å². The zero-order chi connectivity index (χ0) is 18.1. The van der Waals surface area contributed by atoms with Crippen LogP contribution in [0.5, 0.6) is 5.75 Å². The fourth-order valence-corrected chi connectivity index (χ4v) is 2.20. The van der Waals surface area contributed by atoms with E-state index in [-0.39, 0.29) is 18.5 Å². The molecule has 0 aliphatic rings. The lowest BCUT2D eigenvalue weighted by Gasteiger charge is -2.15. The second-order valence-electron chi connectivity index (χ2n) is 5.49. The number of aromatic nitrogens is 2. The predicted molar refractivity (Wildman–Crippen MR) is 94.5 cm³/mol. The molecule has 0 bridgehead atoms. The first-order valence-electron chi connectivity index (χ1n) is 8.09. The van der Waals surface area contributed by atoms with Crippen LogP contribution in [-0.2, 0) is 11.3 Å². The molecule has 2 rings (SSSR count). The smallest absolute Gasteiger partial charge is 0.315 e. The van der Waals surface area contributed by atoms with Crippen molar-refractivity contribution >= 4 is 17.6 Å². The lowest BCUT2D eigenvalue weighted by atomic mass is 10.3. The Morgan fingerprint density at radius 3 is 2.68 bits per heavy atom. The Kier molecular flexibility index (Phi) is 6.82. The van der Waals surface area contributed by atoms with Crippen molar-refractivity contribution < 1.29 is 14.3 Å². The average Bonchev–Trinajstić information content (AvgIpc) is 3.08. The van der Waals surface area contributed by atoms with E-state index < -0.39 is 6.03 Å². The summed E-state index contributed by atoms with van der Waals surface area (Å²) in [6.07, 6.45) is 5.18. The molecule has 25 heavy (non-hydrogen) atoms. The summed E-state index contributed by atoms with van der Waals surface area (Å²) in [4.78, 5) is 27.6. The number of carbonyl (C=O) groups is 2. The number of benzene rings is 1. The van der Waals surface area contributed by atoms with Gasteiger partial charge in [0, 0.05) is 30.7 Å². The lowest BCUT2D eigenvalue weighted by molar-refractivity contribution is -0.115. The number of rotatable bonds is 8. The van der Waals surface area contributed by atoms with Crippen molar-refractivity contribution in [3.05, 3.63) is 43.0 Å². The summed E-state index contributed by atoms with van der Waals surface area (Å²) in [7, 11) is 0. The lowest BCUT2D eigenvalue weighted by Crippen LogP contribution is -2.44. The van der Waals surface area contributed by atoms with Crippen LogP contribution < -0.4 is 20.7 Å². The van der Waals surface area contributed by atoms with Gasteiger partial charge in [0.15, 0.2) is 0 Å². The number of amides is 3. The highest BCUT2D eigenvalue weighted by Gasteiger charge is 2.09. The van der Waals surface area contributed by atoms with Crippen LogP contribution in [0.1, 0.15) is 13.8 Å². The Morgan fingerprint density at radius 1 is 1.28 bits per heavy atom. The SMILES string of the molecule is CCOc1ccc(NC(=O)CNC(=O)NC(C)Cn2ccnc2)cc1. The van der Waals surface area contributed by atoms with Crippen molar-refractivity contribution in [2.75, 3.05) is 18.5 Å². The van der Waals surface area contributed by atoms with Gasteiger partial charge in [0.1, 0.15) is 5.75 Å². The quantitative estimate of drug-likeness (QED) is 0.677. The maximum atomic E-state index is 11.9. The Hall–Kier alpha value is -3.03. The third-order valence-electron chi connectivity index (χ3n) is 3.28. The minimum atomic E-state index is -0.394. The minimum Gasteiger partial charge on any atom is -0.494 e. The number of anilines is 1. The van der Waals surface area contributed by atoms with Crippen molar-refractivity contribution in [1.82, 2.24) is 20.2 Å². The minimum absolute atomic E-state index is 0.0941. The molecule has 8 heteroatoms. The molecule has 1 aromatic carbocycles. The molecule has 1 heterocycles. The van der Waals surface area contributed by atoms with Gasteiger partial charge in [-0.1, -0.05) is 0 Å². The molecule has 0 fully saturated rings. The van der Waals surface area contributed by atoms with Gasteiger partial charge in [0.05, 0.1) is 19.5 Å². The summed E-state index contributed by atoms with van der Waals surface area (Å²) in [6, 6.07) is 6.55. The predicted octanol–water partition coefficient (Wildman–Crippen LogP) is 1.61. The van der Waals surface area contributed by atoms with Crippen LogP contribution in [-0.4, -0.2) is 40.7 Å². The normalized spacial score (nSPS) is 11.4. The van der Waals surface area contributed by atoms with E-state index in [0.717, 1.165) is 5.75 Å². The fraction of sp³-hybridized carbons (Fsp3) is 0.353. The van der Waals surface area contributed by atoms with Crippen LogP contribution in [0, 0.1) is 0 Å². The topological polar surface area (TPSA) is 97.3 Å². The number of nitrogens with zero attached hydrogens (tertiary/aromatic N) is 2. The molecule has 8 nitrogen and oxygen atoms in total. The molecule has 1 aromatic heterocycles. The zero-order valence-electron chi connectivity index (χ0n) is 14.4. The molecule has 1 unspecified atom stereocenters. The van der Waals surface area contributed by atoms with Gasteiger partial charge in [-0.25, -0.2) is 9.78 Å². The molecule has 134 valence electrons. The third kappa shape index (κ3) is 6.54. The largest absolute Gasteiger partial charge is 0.494 e. The van der Waals surface area contributed by atoms with Crippen molar-refractivity contribution in [1.29, 1.82) is 0 Å². The second-order valence-corrected chi connectivity index (χ2v) is 5.49. The first-order chi connectivity index (χ1) is 12.1. The molecule has 0 saturated carbocycles. The van der Waals surface area contributed by atoms with Gasteiger partial charge >= 0.3 is 6.03 Å². The van der Waals surface area contributed by atoms with Crippen LogP contribution in [0.25, 0.3) is 0 Å². The van der Waals surface area contributed by atoms with E-state index in [0.29, 0.717) is 18.8 Å². The molecular weight excluding hydrogens is 322 g/mol. The summed E-state index contributed by atoms with van der Waals surface area (Å²) in [5, 5.41) is 8.00. The van der Waals surface area contributed by atoms with E-state index >= 15 is 0 Å². The summed E-state index contributed by atoms with van der Waals surface area (Å²) in [5.41, 5.74) is 0.643. The monoisotopic (exact) mass is 345 g/mol. The molecule has 3 amide bonds. The van der Waals surface area contributed by atoms with E-state index in [1.807, 2.05) is 24.6 Å². The Morgan fingerprint density at radius 2 is 2.04 bits per heavy atom. The Bertz CT molecular complexity index is 670. The fourth-order valence-electron chi connectivity index (χ4n) is 2.20. The zero-order valence-corrected chi connectivity index (χ0v) is 14.4. The summed E-state index contributed by atoms with van der Waals surface area (Å²) >= 11 is 0. The molecule has 0 radical (unpaired) electrons. The molecule has 0 aliphatic carbocycles. The highest BCUT2D eigenvalue weighted by molar-refractivity contribution is 5.94. The van der Waals surface area contributed by atoms with Crippen LogP contribution >= 0.6 is 0 Å². The van der Waals surface area contributed by atoms with Gasteiger partial charge in [-0.15, -0.1) is 0 Å². The second kappa shape index (κ2) is 9.31. The first kappa shape index (κ1) is 18.3. The number of urea groups is 1. The first-order valence-corrected chi connectivity index (χ1v) is 8.09. The van der Waals surface area contributed by atoms with E-state index in [4.69, 9.17) is 4.74 Å². The van der Waals surface area contributed by atoms with Crippen molar-refractivity contribution in [3.8, 4) is 5.75 Å². The molecular formula is C17H23N5O3. The van der Waals surface area contributed by atoms with E-state index in [9.17, 15) is 9.59 Å². The molecule has 1 atom stereocenters. The van der Waals surface area contributed by atoms with Crippen LogP contribution in [0.4, 0.5) is 10.5 Å². The van der Waals surface area contributed by atoms with Crippen molar-refractivity contribution in [2.45, 2.75) is 26.4 Å². The highest BCUT2D eigenvalue weighted by atomic mass is 16.5. The average molecular weight is 345 g/mol. The number of nitrogens with one attached hydrogen (secondary N) is 3. The van der Waals surface area contributed by atoms with Gasteiger partial charge in [0.2, 0.25) is 5.91 Å². The third-order valence-corrected chi connectivity index (χ3v) is 3.28. The summed E-state index contributed by atoms with van der Waals surface area (Å²) < 4.78 is 7.20. The number of carbonyl (C=O) groups excluding carboxylic acids is 2. The van der Waals surface area contributed by atoms with Crippen molar-refractivity contribution in [3.63, 3.8) is 0 Å². The van der Waals surface area contributed by atoms with E-state index in [2.05, 4.69) is 20.9 Å². The summed E-state index contributed by atoms with van der Waals surface area (Å²) in [5.74, 6) is 0.437. The van der Waals surface area contributed by atoms with Gasteiger partial charge in [-0.05, 0) is 38.1 Å². The van der Waals surface area contributed by atoms with E-state index in [1.165, 1.54) is 0 Å². The number of hydrogen-bond acceptors (Lipinski definition) is 4. The molecule has 0 spiro atoms. The molecule has 2 aromatic rings. The maximum Gasteiger partial charge on any atom is 0.315 e. The summed E-state index contributed by atoms with van der Waals surface area (Å²) in [6.45, 7) is 4.86. The Labute approximate surface area is 146 Å².